The van der Waals surface area contributed by atoms with Gasteiger partial charge in [0.1, 0.15) is 11.7 Å². The summed E-state index contributed by atoms with van der Waals surface area (Å²) in [4.78, 5) is 30.0. The van der Waals surface area contributed by atoms with Gasteiger partial charge < -0.3 is 15.2 Å². The van der Waals surface area contributed by atoms with Crippen molar-refractivity contribution >= 4 is 22.7 Å². The van der Waals surface area contributed by atoms with Crippen molar-refractivity contribution in [2.24, 2.45) is 0 Å². The van der Waals surface area contributed by atoms with Crippen molar-refractivity contribution in [3.05, 3.63) is 71.4 Å². The van der Waals surface area contributed by atoms with Crippen LogP contribution in [0, 0.1) is 6.92 Å². The molecule has 1 atom stereocenters. The van der Waals surface area contributed by atoms with E-state index < -0.39 is 6.04 Å². The first-order valence-electron chi connectivity index (χ1n) is 8.83. The Balaban J connectivity index is 1.41. The van der Waals surface area contributed by atoms with E-state index in [2.05, 4.69) is 10.3 Å². The maximum atomic E-state index is 12.6. The molecule has 3 aromatic rings. The summed E-state index contributed by atoms with van der Waals surface area (Å²) in [6, 6.07) is 17.3. The number of H-pyrrole nitrogens is 1. The molecule has 2 aromatic carbocycles. The SMILES string of the molecule is Cc1ccc(CN2CCC(NC(=O)c3cc4ccccc4[nH]3)C2=O)cc1. The van der Waals surface area contributed by atoms with Crippen LogP contribution in [0.2, 0.25) is 0 Å². The highest BCUT2D eigenvalue weighted by atomic mass is 16.2. The van der Waals surface area contributed by atoms with Crippen molar-refractivity contribution in [3.63, 3.8) is 0 Å². The molecular weight excluding hydrogens is 326 g/mol. The van der Waals surface area contributed by atoms with Gasteiger partial charge in [-0.2, -0.15) is 0 Å². The fourth-order valence-corrected chi connectivity index (χ4v) is 3.38. The quantitative estimate of drug-likeness (QED) is 0.762. The van der Waals surface area contributed by atoms with Gasteiger partial charge in [-0.3, -0.25) is 9.59 Å². The molecule has 5 heteroatoms. The summed E-state index contributed by atoms with van der Waals surface area (Å²) in [5.41, 5.74) is 3.70. The Morgan fingerprint density at radius 1 is 1.19 bits per heavy atom. The number of aromatic amines is 1. The summed E-state index contributed by atoms with van der Waals surface area (Å²) < 4.78 is 0. The molecule has 132 valence electrons. The molecule has 1 aliphatic heterocycles. The van der Waals surface area contributed by atoms with Crippen LogP contribution in [-0.2, 0) is 11.3 Å². The number of benzene rings is 2. The third-order valence-corrected chi connectivity index (χ3v) is 4.87. The maximum absolute atomic E-state index is 12.6. The lowest BCUT2D eigenvalue weighted by Gasteiger charge is -2.17. The molecule has 1 unspecified atom stereocenters. The Kier molecular flexibility index (Phi) is 4.21. The van der Waals surface area contributed by atoms with Gasteiger partial charge in [0.05, 0.1) is 0 Å². The molecule has 4 rings (SSSR count). The number of carbonyl (C=O) groups excluding carboxylic acids is 2. The number of likely N-dealkylation sites (tertiary alicyclic amines) is 1. The van der Waals surface area contributed by atoms with E-state index in [1.165, 1.54) is 5.56 Å². The molecule has 0 radical (unpaired) electrons. The number of rotatable bonds is 4. The zero-order chi connectivity index (χ0) is 18.1. The Morgan fingerprint density at radius 3 is 2.73 bits per heavy atom. The van der Waals surface area contributed by atoms with Gasteiger partial charge in [-0.05, 0) is 31.0 Å². The van der Waals surface area contributed by atoms with Crippen LogP contribution in [-0.4, -0.2) is 34.3 Å². The molecular formula is C21H21N3O2. The van der Waals surface area contributed by atoms with Crippen molar-refractivity contribution in [1.29, 1.82) is 0 Å². The molecule has 1 saturated heterocycles. The lowest BCUT2D eigenvalue weighted by molar-refractivity contribution is -0.129. The van der Waals surface area contributed by atoms with Gasteiger partial charge in [-0.1, -0.05) is 48.0 Å². The zero-order valence-corrected chi connectivity index (χ0v) is 14.7. The van der Waals surface area contributed by atoms with Crippen LogP contribution in [0.4, 0.5) is 0 Å². The number of carbonyl (C=O) groups is 2. The van der Waals surface area contributed by atoms with Crippen molar-refractivity contribution in [2.45, 2.75) is 25.9 Å². The third kappa shape index (κ3) is 3.20. The van der Waals surface area contributed by atoms with Gasteiger partial charge in [0.25, 0.3) is 5.91 Å². The molecule has 1 fully saturated rings. The van der Waals surface area contributed by atoms with E-state index in [0.717, 1.165) is 16.5 Å². The van der Waals surface area contributed by atoms with Crippen molar-refractivity contribution in [1.82, 2.24) is 15.2 Å². The fraction of sp³-hybridized carbons (Fsp3) is 0.238. The van der Waals surface area contributed by atoms with Crippen LogP contribution in [0.5, 0.6) is 0 Å². The fourth-order valence-electron chi connectivity index (χ4n) is 3.38. The van der Waals surface area contributed by atoms with E-state index in [-0.39, 0.29) is 11.8 Å². The number of nitrogens with zero attached hydrogens (tertiary/aromatic N) is 1. The highest BCUT2D eigenvalue weighted by molar-refractivity contribution is 6.00. The predicted octanol–water partition coefficient (Wildman–Crippen LogP) is 3.01. The maximum Gasteiger partial charge on any atom is 0.268 e. The van der Waals surface area contributed by atoms with Crippen LogP contribution < -0.4 is 5.32 Å². The predicted molar refractivity (Wildman–Crippen MR) is 101 cm³/mol. The molecule has 0 aliphatic carbocycles. The molecule has 1 aromatic heterocycles. The Hall–Kier alpha value is -3.08. The summed E-state index contributed by atoms with van der Waals surface area (Å²) in [5, 5.41) is 3.85. The molecule has 26 heavy (non-hydrogen) atoms. The van der Waals surface area contributed by atoms with Gasteiger partial charge in [0.2, 0.25) is 5.91 Å². The first-order valence-corrected chi connectivity index (χ1v) is 8.83. The summed E-state index contributed by atoms with van der Waals surface area (Å²) in [6.07, 6.45) is 0.636. The van der Waals surface area contributed by atoms with E-state index in [9.17, 15) is 9.59 Å². The van der Waals surface area contributed by atoms with Crippen LogP contribution in [0.1, 0.15) is 28.0 Å². The molecule has 2 heterocycles. The smallest absolute Gasteiger partial charge is 0.268 e. The van der Waals surface area contributed by atoms with E-state index in [0.29, 0.717) is 25.2 Å². The number of hydrogen-bond donors (Lipinski definition) is 2. The highest BCUT2D eigenvalue weighted by Crippen LogP contribution is 2.18. The molecule has 5 nitrogen and oxygen atoms in total. The van der Waals surface area contributed by atoms with E-state index in [4.69, 9.17) is 0 Å². The van der Waals surface area contributed by atoms with Gasteiger partial charge in [0.15, 0.2) is 0 Å². The minimum atomic E-state index is -0.459. The van der Waals surface area contributed by atoms with E-state index in [1.54, 1.807) is 4.90 Å². The van der Waals surface area contributed by atoms with Gasteiger partial charge in [-0.25, -0.2) is 0 Å². The van der Waals surface area contributed by atoms with Crippen molar-refractivity contribution in [2.75, 3.05) is 6.54 Å². The van der Waals surface area contributed by atoms with Crippen molar-refractivity contribution < 1.29 is 9.59 Å². The number of nitrogens with one attached hydrogen (secondary N) is 2. The standard InChI is InChI=1S/C21H21N3O2/c1-14-6-8-15(9-7-14)13-24-11-10-18(21(24)26)23-20(25)19-12-16-4-2-3-5-17(16)22-19/h2-9,12,18,22H,10-11,13H2,1H3,(H,23,25). The van der Waals surface area contributed by atoms with E-state index >= 15 is 0 Å². The molecule has 0 spiro atoms. The van der Waals surface area contributed by atoms with Crippen molar-refractivity contribution in [3.8, 4) is 0 Å². The second kappa shape index (κ2) is 6.67. The van der Waals surface area contributed by atoms with Gasteiger partial charge in [-0.15, -0.1) is 0 Å². The zero-order valence-electron chi connectivity index (χ0n) is 14.7. The Morgan fingerprint density at radius 2 is 1.96 bits per heavy atom. The molecule has 0 bridgehead atoms. The Bertz CT molecular complexity index is 926. The summed E-state index contributed by atoms with van der Waals surface area (Å²) in [6.45, 7) is 3.28. The van der Waals surface area contributed by atoms with Crippen LogP contribution in [0.15, 0.2) is 54.6 Å². The topological polar surface area (TPSA) is 65.2 Å². The van der Waals surface area contributed by atoms with Crippen LogP contribution in [0.3, 0.4) is 0 Å². The van der Waals surface area contributed by atoms with Gasteiger partial charge >= 0.3 is 0 Å². The normalized spacial score (nSPS) is 17.0. The minimum absolute atomic E-state index is 0.0185. The number of fused-ring (bicyclic) bond motifs is 1. The average Bonchev–Trinajstić information content (AvgIpc) is 3.22. The first kappa shape index (κ1) is 16.4. The second-order valence-corrected chi connectivity index (χ2v) is 6.83. The highest BCUT2D eigenvalue weighted by Gasteiger charge is 2.33. The second-order valence-electron chi connectivity index (χ2n) is 6.83. The van der Waals surface area contributed by atoms with Crippen LogP contribution >= 0.6 is 0 Å². The number of aromatic nitrogens is 1. The lowest BCUT2D eigenvalue weighted by atomic mass is 10.1. The number of hydrogen-bond acceptors (Lipinski definition) is 2. The number of aryl methyl sites for hydroxylation is 1. The molecule has 1 aliphatic rings. The summed E-state index contributed by atoms with van der Waals surface area (Å²) >= 11 is 0. The van der Waals surface area contributed by atoms with E-state index in [1.807, 2.05) is 61.5 Å². The summed E-state index contributed by atoms with van der Waals surface area (Å²) in [5.74, 6) is -0.258. The molecule has 2 N–H and O–H groups in total. The average molecular weight is 347 g/mol. The minimum Gasteiger partial charge on any atom is -0.351 e. The molecule has 2 amide bonds. The first-order chi connectivity index (χ1) is 12.6. The number of para-hydroxylation sites is 1. The molecule has 0 saturated carbocycles. The Labute approximate surface area is 152 Å². The monoisotopic (exact) mass is 347 g/mol. The largest absolute Gasteiger partial charge is 0.351 e. The third-order valence-electron chi connectivity index (χ3n) is 4.87. The van der Waals surface area contributed by atoms with Crippen LogP contribution in [0.25, 0.3) is 10.9 Å². The lowest BCUT2D eigenvalue weighted by Crippen LogP contribution is -2.41. The van der Waals surface area contributed by atoms with Gasteiger partial charge in [0, 0.05) is 24.0 Å². The summed E-state index contributed by atoms with van der Waals surface area (Å²) in [7, 11) is 0. The number of amides is 2.